The van der Waals surface area contributed by atoms with Crippen LogP contribution in [0.15, 0.2) is 49.0 Å². The number of nitrogens with zero attached hydrogens (tertiary/aromatic N) is 4. The number of hydrogen-bond donors (Lipinski definition) is 1. The van der Waals surface area contributed by atoms with E-state index in [-0.39, 0.29) is 5.60 Å². The van der Waals surface area contributed by atoms with Gasteiger partial charge >= 0.3 is 0 Å². The maximum atomic E-state index is 6.51. The SMILES string of the molecule is C=C1NCC2(CCN(c3cc(-c4nc5ccccc5n4C)c(Cl)cn3)CC2)O1. The maximum absolute atomic E-state index is 6.51. The summed E-state index contributed by atoms with van der Waals surface area (Å²) < 4.78 is 8.03. The van der Waals surface area contributed by atoms with Crippen molar-refractivity contribution in [3.8, 4) is 11.4 Å². The summed E-state index contributed by atoms with van der Waals surface area (Å²) in [5, 5.41) is 3.82. The van der Waals surface area contributed by atoms with Gasteiger partial charge in [0.2, 0.25) is 0 Å². The predicted octanol–water partition coefficient (Wildman–Crippen LogP) is 3.72. The Morgan fingerprint density at radius 1 is 1.25 bits per heavy atom. The van der Waals surface area contributed by atoms with E-state index in [0.29, 0.717) is 10.9 Å². The fourth-order valence-electron chi connectivity index (χ4n) is 4.17. The Morgan fingerprint density at radius 3 is 2.75 bits per heavy atom. The molecule has 0 radical (unpaired) electrons. The van der Waals surface area contributed by atoms with Crippen LogP contribution in [0.4, 0.5) is 5.82 Å². The smallest absolute Gasteiger partial charge is 0.180 e. The first-order chi connectivity index (χ1) is 13.5. The molecule has 2 aliphatic rings. The molecule has 6 nitrogen and oxygen atoms in total. The molecule has 144 valence electrons. The van der Waals surface area contributed by atoms with Crippen molar-refractivity contribution in [1.82, 2.24) is 19.9 Å². The molecule has 0 aliphatic carbocycles. The summed E-state index contributed by atoms with van der Waals surface area (Å²) in [6.07, 6.45) is 3.60. The van der Waals surface area contributed by atoms with Crippen molar-refractivity contribution in [3.05, 3.63) is 54.0 Å². The van der Waals surface area contributed by atoms with Crippen LogP contribution in [-0.2, 0) is 11.8 Å². The van der Waals surface area contributed by atoms with Gasteiger partial charge in [0.25, 0.3) is 0 Å². The zero-order valence-electron chi connectivity index (χ0n) is 15.8. The Hall–Kier alpha value is -2.73. The Bertz CT molecular complexity index is 1070. The molecule has 2 fully saturated rings. The van der Waals surface area contributed by atoms with Gasteiger partial charge in [-0.25, -0.2) is 9.97 Å². The first-order valence-electron chi connectivity index (χ1n) is 9.49. The molecule has 1 spiro atoms. The van der Waals surface area contributed by atoms with Gasteiger partial charge in [-0.3, -0.25) is 0 Å². The number of ether oxygens (including phenoxy) is 1. The van der Waals surface area contributed by atoms with Gasteiger partial charge in [-0.1, -0.05) is 23.7 Å². The number of halogens is 1. The highest BCUT2D eigenvalue weighted by Gasteiger charge is 2.41. The summed E-state index contributed by atoms with van der Waals surface area (Å²) in [4.78, 5) is 11.7. The number of anilines is 1. The molecule has 2 aliphatic heterocycles. The highest BCUT2D eigenvalue weighted by Crippen LogP contribution is 2.35. The minimum absolute atomic E-state index is 0.125. The van der Waals surface area contributed by atoms with Crippen LogP contribution in [0.2, 0.25) is 5.02 Å². The largest absolute Gasteiger partial charge is 0.471 e. The van der Waals surface area contributed by atoms with E-state index in [0.717, 1.165) is 60.7 Å². The highest BCUT2D eigenvalue weighted by molar-refractivity contribution is 6.33. The molecule has 1 N–H and O–H groups in total. The molecule has 0 bridgehead atoms. The van der Waals surface area contributed by atoms with Gasteiger partial charge in [0.15, 0.2) is 5.88 Å². The summed E-state index contributed by atoms with van der Waals surface area (Å²) >= 11 is 6.51. The maximum Gasteiger partial charge on any atom is 0.180 e. The molecular formula is C21H22ClN5O. The number of hydrogen-bond acceptors (Lipinski definition) is 5. The van der Waals surface area contributed by atoms with Crippen molar-refractivity contribution >= 4 is 28.5 Å². The van der Waals surface area contributed by atoms with Crippen LogP contribution in [0.25, 0.3) is 22.4 Å². The molecule has 0 amide bonds. The van der Waals surface area contributed by atoms with Crippen LogP contribution in [-0.4, -0.2) is 39.8 Å². The number of para-hydroxylation sites is 2. The van der Waals surface area contributed by atoms with Gasteiger partial charge in [0, 0.05) is 44.7 Å². The van der Waals surface area contributed by atoms with Gasteiger partial charge in [-0.05, 0) is 24.8 Å². The van der Waals surface area contributed by atoms with Crippen LogP contribution in [0.1, 0.15) is 12.8 Å². The van der Waals surface area contributed by atoms with E-state index in [1.165, 1.54) is 0 Å². The monoisotopic (exact) mass is 395 g/mol. The molecule has 0 unspecified atom stereocenters. The lowest BCUT2D eigenvalue weighted by atomic mass is 9.91. The molecule has 0 atom stereocenters. The molecule has 28 heavy (non-hydrogen) atoms. The second kappa shape index (κ2) is 6.41. The molecule has 7 heteroatoms. The Labute approximate surface area is 168 Å². The quantitative estimate of drug-likeness (QED) is 0.716. The molecule has 1 aromatic carbocycles. The molecule has 5 rings (SSSR count). The average Bonchev–Trinajstić information content (AvgIpc) is 3.23. The molecule has 4 heterocycles. The fourth-order valence-corrected chi connectivity index (χ4v) is 4.36. The van der Waals surface area contributed by atoms with Crippen molar-refractivity contribution in [3.63, 3.8) is 0 Å². The van der Waals surface area contributed by atoms with E-state index in [2.05, 4.69) is 32.4 Å². The minimum Gasteiger partial charge on any atom is -0.471 e. The van der Waals surface area contributed by atoms with Crippen molar-refractivity contribution in [2.75, 3.05) is 24.5 Å². The number of fused-ring (bicyclic) bond motifs is 1. The molecule has 2 aromatic heterocycles. The first kappa shape index (κ1) is 17.4. The zero-order chi connectivity index (χ0) is 19.3. The molecular weight excluding hydrogens is 374 g/mol. The number of rotatable bonds is 2. The number of benzene rings is 1. The van der Waals surface area contributed by atoms with E-state index >= 15 is 0 Å². The number of imidazole rings is 1. The van der Waals surface area contributed by atoms with E-state index < -0.39 is 0 Å². The summed E-state index contributed by atoms with van der Waals surface area (Å²) in [5.74, 6) is 2.45. The third-order valence-electron chi connectivity index (χ3n) is 5.82. The fraction of sp³-hybridized carbons (Fsp3) is 0.333. The lowest BCUT2D eigenvalue weighted by Gasteiger charge is -2.38. The van der Waals surface area contributed by atoms with Crippen molar-refractivity contribution in [2.45, 2.75) is 18.4 Å². The average molecular weight is 396 g/mol. The van der Waals surface area contributed by atoms with Crippen LogP contribution in [0.5, 0.6) is 0 Å². The number of aromatic nitrogens is 3. The minimum atomic E-state index is -0.125. The normalized spacial score (nSPS) is 18.5. The predicted molar refractivity (Wildman–Crippen MR) is 111 cm³/mol. The van der Waals surface area contributed by atoms with E-state index in [1.54, 1.807) is 6.20 Å². The number of pyridine rings is 1. The summed E-state index contributed by atoms with van der Waals surface area (Å²) in [6.45, 7) is 6.47. The highest BCUT2D eigenvalue weighted by atomic mass is 35.5. The second-order valence-electron chi connectivity index (χ2n) is 7.55. The molecule has 3 aromatic rings. The Balaban J connectivity index is 1.45. The van der Waals surface area contributed by atoms with Gasteiger partial charge in [-0.2, -0.15) is 0 Å². The zero-order valence-corrected chi connectivity index (χ0v) is 16.5. The molecule has 0 saturated carbocycles. The van der Waals surface area contributed by atoms with Crippen molar-refractivity contribution < 1.29 is 4.74 Å². The third-order valence-corrected chi connectivity index (χ3v) is 6.12. The van der Waals surface area contributed by atoms with Gasteiger partial charge in [-0.15, -0.1) is 0 Å². The third kappa shape index (κ3) is 2.79. The molecule has 2 saturated heterocycles. The van der Waals surface area contributed by atoms with Crippen LogP contribution in [0.3, 0.4) is 0 Å². The Kier molecular flexibility index (Phi) is 3.98. The van der Waals surface area contributed by atoms with Crippen molar-refractivity contribution in [1.29, 1.82) is 0 Å². The van der Waals surface area contributed by atoms with Crippen LogP contribution in [0, 0.1) is 0 Å². The number of aryl methyl sites for hydroxylation is 1. The lowest BCUT2D eigenvalue weighted by molar-refractivity contribution is 0.0274. The van der Waals surface area contributed by atoms with Gasteiger partial charge < -0.3 is 19.5 Å². The van der Waals surface area contributed by atoms with Gasteiger partial charge in [0.1, 0.15) is 17.2 Å². The van der Waals surface area contributed by atoms with Crippen molar-refractivity contribution in [2.24, 2.45) is 7.05 Å². The standard InChI is InChI=1S/C21H22ClN5O/c1-14-24-13-21(28-14)7-9-27(10-8-21)19-11-15(16(22)12-23-19)20-25-17-5-3-4-6-18(17)26(20)2/h3-6,11-12,24H,1,7-10,13H2,2H3. The van der Waals surface area contributed by atoms with E-state index in [4.69, 9.17) is 21.3 Å². The van der Waals surface area contributed by atoms with E-state index in [9.17, 15) is 0 Å². The lowest BCUT2D eigenvalue weighted by Crippen LogP contribution is -2.46. The number of nitrogens with one attached hydrogen (secondary N) is 1. The summed E-state index contributed by atoms with van der Waals surface area (Å²) in [5.41, 5.74) is 2.82. The first-order valence-corrected chi connectivity index (χ1v) is 9.87. The Morgan fingerprint density at radius 2 is 2.04 bits per heavy atom. The van der Waals surface area contributed by atoms with Crippen LogP contribution < -0.4 is 10.2 Å². The van der Waals surface area contributed by atoms with Crippen LogP contribution >= 0.6 is 11.6 Å². The van der Waals surface area contributed by atoms with E-state index in [1.807, 2.05) is 31.3 Å². The topological polar surface area (TPSA) is 55.2 Å². The summed E-state index contributed by atoms with van der Waals surface area (Å²) in [6, 6.07) is 10.1. The van der Waals surface area contributed by atoms with Gasteiger partial charge in [0.05, 0.1) is 22.6 Å². The second-order valence-corrected chi connectivity index (χ2v) is 7.96. The number of piperidine rings is 1. The summed E-state index contributed by atoms with van der Waals surface area (Å²) in [7, 11) is 2.02.